The summed E-state index contributed by atoms with van der Waals surface area (Å²) in [4.78, 5) is 36.4. The minimum absolute atomic E-state index is 0.125. The van der Waals surface area contributed by atoms with Gasteiger partial charge in [0.05, 0.1) is 18.7 Å². The number of halogens is 1. The van der Waals surface area contributed by atoms with Crippen LogP contribution >= 0.6 is 0 Å². The standard InChI is InChI=1S/C15H14FNO5/c1-8(18)12-13(9-3-5-10(16)6-4-9)17(7-11(19)22-2)15(21)14(12)20/h3-6,13,20H,7H2,1-2H3/t13-/m1/s1. The van der Waals surface area contributed by atoms with E-state index in [9.17, 15) is 23.9 Å². The number of ketones is 1. The Hall–Kier alpha value is -2.70. The summed E-state index contributed by atoms with van der Waals surface area (Å²) < 4.78 is 17.6. The maximum Gasteiger partial charge on any atom is 0.325 e. The van der Waals surface area contributed by atoms with Crippen molar-refractivity contribution in [2.75, 3.05) is 13.7 Å². The summed E-state index contributed by atoms with van der Waals surface area (Å²) in [5, 5.41) is 9.91. The maximum atomic E-state index is 13.1. The van der Waals surface area contributed by atoms with E-state index in [1.165, 1.54) is 31.2 Å². The van der Waals surface area contributed by atoms with Crippen molar-refractivity contribution in [3.05, 3.63) is 47.0 Å². The van der Waals surface area contributed by atoms with Crippen molar-refractivity contribution in [3.63, 3.8) is 0 Å². The first-order valence-electron chi connectivity index (χ1n) is 6.44. The minimum atomic E-state index is -0.954. The molecule has 0 aliphatic carbocycles. The lowest BCUT2D eigenvalue weighted by molar-refractivity contribution is -0.146. The fraction of sp³-hybridized carbons (Fsp3) is 0.267. The van der Waals surface area contributed by atoms with E-state index in [4.69, 9.17) is 0 Å². The zero-order valence-electron chi connectivity index (χ0n) is 12.0. The molecule has 1 aromatic rings. The first kappa shape index (κ1) is 15.7. The van der Waals surface area contributed by atoms with Crippen LogP contribution in [0.5, 0.6) is 0 Å². The lowest BCUT2D eigenvalue weighted by Crippen LogP contribution is -2.36. The molecule has 0 saturated heterocycles. The molecule has 0 saturated carbocycles. The number of Topliss-reactive ketones (excluding diaryl/α,β-unsaturated/α-hetero) is 1. The van der Waals surface area contributed by atoms with Crippen molar-refractivity contribution < 1.29 is 28.6 Å². The van der Waals surface area contributed by atoms with Gasteiger partial charge in [0.25, 0.3) is 5.91 Å². The van der Waals surface area contributed by atoms with E-state index >= 15 is 0 Å². The summed E-state index contributed by atoms with van der Waals surface area (Å²) in [6.07, 6.45) is 0. The molecule has 2 rings (SSSR count). The van der Waals surface area contributed by atoms with Gasteiger partial charge in [-0.25, -0.2) is 4.39 Å². The molecular weight excluding hydrogens is 293 g/mol. The zero-order chi connectivity index (χ0) is 16.4. The molecule has 0 fully saturated rings. The number of hydrogen-bond acceptors (Lipinski definition) is 5. The lowest BCUT2D eigenvalue weighted by atomic mass is 9.97. The smallest absolute Gasteiger partial charge is 0.325 e. The van der Waals surface area contributed by atoms with Crippen LogP contribution in [0, 0.1) is 5.82 Å². The van der Waals surface area contributed by atoms with E-state index in [1.807, 2.05) is 0 Å². The second-order valence-electron chi connectivity index (χ2n) is 4.78. The molecule has 6 nitrogen and oxygen atoms in total. The number of aliphatic hydroxyl groups is 1. The van der Waals surface area contributed by atoms with Crippen LogP contribution in [0.15, 0.2) is 35.6 Å². The van der Waals surface area contributed by atoms with Crippen LogP contribution in [-0.4, -0.2) is 41.3 Å². The quantitative estimate of drug-likeness (QED) is 0.847. The highest BCUT2D eigenvalue weighted by Crippen LogP contribution is 2.37. The van der Waals surface area contributed by atoms with Gasteiger partial charge in [0.15, 0.2) is 11.5 Å². The van der Waals surface area contributed by atoms with Crippen molar-refractivity contribution in [2.24, 2.45) is 0 Å². The Morgan fingerprint density at radius 3 is 2.41 bits per heavy atom. The van der Waals surface area contributed by atoms with Gasteiger partial charge in [-0.05, 0) is 24.6 Å². The number of esters is 1. The molecule has 1 heterocycles. The van der Waals surface area contributed by atoms with Crippen molar-refractivity contribution in [3.8, 4) is 0 Å². The largest absolute Gasteiger partial charge is 0.503 e. The van der Waals surface area contributed by atoms with Crippen LogP contribution in [-0.2, 0) is 19.1 Å². The Balaban J connectivity index is 2.50. The molecule has 22 heavy (non-hydrogen) atoms. The monoisotopic (exact) mass is 307 g/mol. The topological polar surface area (TPSA) is 83.9 Å². The number of hydrogen-bond donors (Lipinski definition) is 1. The van der Waals surface area contributed by atoms with Crippen LogP contribution in [0.25, 0.3) is 0 Å². The van der Waals surface area contributed by atoms with Gasteiger partial charge in [-0.1, -0.05) is 12.1 Å². The molecule has 0 bridgehead atoms. The van der Waals surface area contributed by atoms with E-state index in [1.54, 1.807) is 0 Å². The van der Waals surface area contributed by atoms with Crippen molar-refractivity contribution >= 4 is 17.7 Å². The highest BCUT2D eigenvalue weighted by molar-refractivity contribution is 6.08. The predicted molar refractivity (Wildman–Crippen MR) is 73.2 cm³/mol. The highest BCUT2D eigenvalue weighted by Gasteiger charge is 2.43. The Labute approximate surface area is 125 Å². The number of nitrogens with zero attached hydrogens (tertiary/aromatic N) is 1. The Morgan fingerprint density at radius 1 is 1.32 bits per heavy atom. The highest BCUT2D eigenvalue weighted by atomic mass is 19.1. The SMILES string of the molecule is COC(=O)CN1C(=O)C(O)=C(C(C)=O)[C@H]1c1ccc(F)cc1. The fourth-order valence-corrected chi connectivity index (χ4v) is 2.37. The van der Waals surface area contributed by atoms with E-state index in [2.05, 4.69) is 4.74 Å². The molecule has 0 radical (unpaired) electrons. The minimum Gasteiger partial charge on any atom is -0.503 e. The average Bonchev–Trinajstić information content (AvgIpc) is 2.73. The third-order valence-electron chi connectivity index (χ3n) is 3.40. The molecule has 0 aromatic heterocycles. The number of rotatable bonds is 4. The van der Waals surface area contributed by atoms with Gasteiger partial charge in [-0.3, -0.25) is 14.4 Å². The molecule has 7 heteroatoms. The Kier molecular flexibility index (Phi) is 4.25. The molecule has 1 aliphatic heterocycles. The number of carbonyl (C=O) groups is 3. The molecule has 1 N–H and O–H groups in total. The Morgan fingerprint density at radius 2 is 1.91 bits per heavy atom. The molecule has 0 spiro atoms. The first-order valence-corrected chi connectivity index (χ1v) is 6.44. The summed E-state index contributed by atoms with van der Waals surface area (Å²) in [5.41, 5.74) is 0.286. The summed E-state index contributed by atoms with van der Waals surface area (Å²) in [6.45, 7) is 0.773. The van der Waals surface area contributed by atoms with E-state index in [0.29, 0.717) is 5.56 Å². The van der Waals surface area contributed by atoms with Crippen LogP contribution in [0.2, 0.25) is 0 Å². The number of methoxy groups -OCH3 is 1. The van der Waals surface area contributed by atoms with Gasteiger partial charge in [0, 0.05) is 0 Å². The summed E-state index contributed by atoms with van der Waals surface area (Å²) >= 11 is 0. The summed E-state index contributed by atoms with van der Waals surface area (Å²) in [5.74, 6) is -3.23. The van der Waals surface area contributed by atoms with Crippen LogP contribution < -0.4 is 0 Å². The van der Waals surface area contributed by atoms with Gasteiger partial charge in [-0.15, -0.1) is 0 Å². The number of amides is 1. The van der Waals surface area contributed by atoms with E-state index in [0.717, 1.165) is 12.0 Å². The number of aliphatic hydroxyl groups excluding tert-OH is 1. The van der Waals surface area contributed by atoms with Gasteiger partial charge in [-0.2, -0.15) is 0 Å². The normalized spacial score (nSPS) is 17.9. The van der Waals surface area contributed by atoms with Crippen LogP contribution in [0.3, 0.4) is 0 Å². The van der Waals surface area contributed by atoms with Crippen molar-refractivity contribution in [1.29, 1.82) is 0 Å². The summed E-state index contributed by atoms with van der Waals surface area (Å²) in [7, 11) is 1.16. The predicted octanol–water partition coefficient (Wildman–Crippen LogP) is 1.28. The van der Waals surface area contributed by atoms with E-state index < -0.39 is 41.8 Å². The summed E-state index contributed by atoms with van der Waals surface area (Å²) in [6, 6.07) is 4.16. The lowest BCUT2D eigenvalue weighted by Gasteiger charge is -2.25. The van der Waals surface area contributed by atoms with Crippen LogP contribution in [0.4, 0.5) is 4.39 Å². The molecule has 1 amide bonds. The van der Waals surface area contributed by atoms with E-state index in [-0.39, 0.29) is 5.57 Å². The van der Waals surface area contributed by atoms with Crippen molar-refractivity contribution in [2.45, 2.75) is 13.0 Å². The molecule has 0 unspecified atom stereocenters. The van der Waals surface area contributed by atoms with Gasteiger partial charge in [0.2, 0.25) is 0 Å². The second-order valence-corrected chi connectivity index (χ2v) is 4.78. The van der Waals surface area contributed by atoms with Gasteiger partial charge < -0.3 is 14.7 Å². The number of carbonyl (C=O) groups excluding carboxylic acids is 3. The number of benzene rings is 1. The molecule has 1 aromatic carbocycles. The molecule has 1 aliphatic rings. The first-order chi connectivity index (χ1) is 10.4. The third-order valence-corrected chi connectivity index (χ3v) is 3.40. The molecule has 1 atom stereocenters. The number of ether oxygens (including phenoxy) is 1. The molecule has 116 valence electrons. The van der Waals surface area contributed by atoms with Gasteiger partial charge >= 0.3 is 5.97 Å². The average molecular weight is 307 g/mol. The fourth-order valence-electron chi connectivity index (χ4n) is 2.37. The second kappa shape index (κ2) is 5.97. The van der Waals surface area contributed by atoms with Gasteiger partial charge in [0.1, 0.15) is 12.4 Å². The zero-order valence-corrected chi connectivity index (χ0v) is 12.0. The molecular formula is C15H14FNO5. The van der Waals surface area contributed by atoms with Crippen LogP contribution in [0.1, 0.15) is 18.5 Å². The maximum absolute atomic E-state index is 13.1. The third kappa shape index (κ3) is 2.69. The Bertz CT molecular complexity index is 665. The van der Waals surface area contributed by atoms with Crippen molar-refractivity contribution in [1.82, 2.24) is 4.90 Å².